The largest absolute Gasteiger partial charge is 0.416 e. The zero-order valence-corrected chi connectivity index (χ0v) is 14.0. The molecule has 0 aliphatic rings. The zero-order chi connectivity index (χ0) is 16.4. The third-order valence-corrected chi connectivity index (χ3v) is 5.57. The summed E-state index contributed by atoms with van der Waals surface area (Å²) in [5.41, 5.74) is 4.16. The highest BCUT2D eigenvalue weighted by Crippen LogP contribution is 2.34. The van der Waals surface area contributed by atoms with Crippen LogP contribution in [0.2, 0.25) is 0 Å². The van der Waals surface area contributed by atoms with E-state index in [0.717, 1.165) is 12.1 Å². The van der Waals surface area contributed by atoms with Gasteiger partial charge in [-0.2, -0.15) is 13.2 Å². The lowest BCUT2D eigenvalue weighted by atomic mass is 10.2. The van der Waals surface area contributed by atoms with Crippen LogP contribution in [0.5, 0.6) is 0 Å². The number of benzene rings is 1. The van der Waals surface area contributed by atoms with E-state index < -0.39 is 27.0 Å². The molecule has 0 saturated heterocycles. The van der Waals surface area contributed by atoms with Gasteiger partial charge in [0.05, 0.1) is 16.2 Å². The van der Waals surface area contributed by atoms with Gasteiger partial charge < -0.3 is 5.73 Å². The Morgan fingerprint density at radius 1 is 1.48 bits per heavy atom. The second kappa shape index (κ2) is 6.49. The van der Waals surface area contributed by atoms with Crippen molar-refractivity contribution in [2.24, 2.45) is 5.73 Å². The van der Waals surface area contributed by atoms with Crippen LogP contribution in [0.3, 0.4) is 0 Å². The summed E-state index contributed by atoms with van der Waals surface area (Å²) in [5, 5.41) is -1.16. The molecular weight excluding hydrogens is 393 g/mol. The second-order valence-corrected chi connectivity index (χ2v) is 7.33. The van der Waals surface area contributed by atoms with Crippen LogP contribution >= 0.6 is 28.1 Å². The Kier molecular flexibility index (Phi) is 5.62. The van der Waals surface area contributed by atoms with Crippen molar-refractivity contribution in [3.05, 3.63) is 28.2 Å². The van der Waals surface area contributed by atoms with E-state index in [2.05, 4.69) is 32.9 Å². The second-order valence-electron chi connectivity index (χ2n) is 4.14. The molecule has 118 valence electrons. The average Bonchev–Trinajstić information content (AvgIpc) is 2.30. The number of thiocarbonyl (C=S) groups is 1. The summed E-state index contributed by atoms with van der Waals surface area (Å²) in [6.45, 7) is 1.56. The molecule has 1 atom stereocenters. The minimum Gasteiger partial charge on any atom is -0.392 e. The van der Waals surface area contributed by atoms with Gasteiger partial charge in [-0.25, -0.2) is 8.42 Å². The molecule has 3 N–H and O–H groups in total. The summed E-state index contributed by atoms with van der Waals surface area (Å²) in [6, 6.07) is 2.66. The third kappa shape index (κ3) is 4.55. The van der Waals surface area contributed by atoms with Gasteiger partial charge in [0, 0.05) is 4.47 Å². The van der Waals surface area contributed by atoms with Gasteiger partial charge >= 0.3 is 6.18 Å². The van der Waals surface area contributed by atoms with E-state index in [0.29, 0.717) is 6.07 Å². The van der Waals surface area contributed by atoms with E-state index >= 15 is 0 Å². The molecular formula is C11H12BrF3N2O2S2. The predicted molar refractivity (Wildman–Crippen MR) is 82.6 cm³/mol. The molecule has 21 heavy (non-hydrogen) atoms. The van der Waals surface area contributed by atoms with Crippen molar-refractivity contribution in [1.82, 2.24) is 0 Å². The molecule has 0 aliphatic carbocycles. The Hall–Kier alpha value is -0.870. The minimum atomic E-state index is -4.58. The molecule has 0 saturated carbocycles. The van der Waals surface area contributed by atoms with E-state index in [-0.39, 0.29) is 21.6 Å². The van der Waals surface area contributed by atoms with Gasteiger partial charge in [-0.05, 0) is 40.5 Å². The first-order chi connectivity index (χ1) is 9.49. The number of hydrogen-bond acceptors (Lipinski definition) is 3. The van der Waals surface area contributed by atoms with E-state index in [1.165, 1.54) is 0 Å². The summed E-state index contributed by atoms with van der Waals surface area (Å²) in [5.74, 6) is 0. The Balaban J connectivity index is 3.21. The molecule has 1 aromatic rings. The van der Waals surface area contributed by atoms with Gasteiger partial charge in [-0.15, -0.1) is 0 Å². The number of sulfonamides is 1. The predicted octanol–water partition coefficient (Wildman–Crippen LogP) is 3.27. The number of hydrogen-bond donors (Lipinski definition) is 2. The standard InChI is InChI=1S/C11H12BrF3N2O2S2/c1-2-9(10(16)20)21(18,19)17-8-5-6(11(13,14)15)3-4-7(8)12/h3-5,9,17H,2H2,1H3,(H2,16,20). The first kappa shape index (κ1) is 18.2. The van der Waals surface area contributed by atoms with Crippen molar-refractivity contribution >= 4 is 48.8 Å². The maximum Gasteiger partial charge on any atom is 0.416 e. The van der Waals surface area contributed by atoms with Crippen molar-refractivity contribution in [3.8, 4) is 0 Å². The lowest BCUT2D eigenvalue weighted by molar-refractivity contribution is -0.137. The molecule has 0 bridgehead atoms. The molecule has 1 rings (SSSR count). The fourth-order valence-electron chi connectivity index (χ4n) is 1.58. The van der Waals surface area contributed by atoms with Crippen LogP contribution < -0.4 is 10.5 Å². The maximum absolute atomic E-state index is 12.7. The number of anilines is 1. The fourth-order valence-corrected chi connectivity index (χ4v) is 3.96. The van der Waals surface area contributed by atoms with Gasteiger partial charge in [0.1, 0.15) is 5.25 Å². The topological polar surface area (TPSA) is 72.2 Å². The van der Waals surface area contributed by atoms with Crippen molar-refractivity contribution in [3.63, 3.8) is 0 Å². The Morgan fingerprint density at radius 3 is 2.48 bits per heavy atom. The van der Waals surface area contributed by atoms with Crippen LogP contribution in [0.15, 0.2) is 22.7 Å². The summed E-state index contributed by atoms with van der Waals surface area (Å²) in [6.07, 6.45) is -4.46. The van der Waals surface area contributed by atoms with Crippen LogP contribution in [0.1, 0.15) is 18.9 Å². The van der Waals surface area contributed by atoms with Gasteiger partial charge in [0.25, 0.3) is 0 Å². The van der Waals surface area contributed by atoms with E-state index in [4.69, 9.17) is 5.73 Å². The molecule has 0 radical (unpaired) electrons. The highest BCUT2D eigenvalue weighted by atomic mass is 79.9. The average molecular weight is 405 g/mol. The highest BCUT2D eigenvalue weighted by molar-refractivity contribution is 9.10. The number of rotatable bonds is 5. The molecule has 1 aromatic carbocycles. The van der Waals surface area contributed by atoms with Crippen molar-refractivity contribution in [2.45, 2.75) is 24.8 Å². The van der Waals surface area contributed by atoms with Gasteiger partial charge in [0.2, 0.25) is 10.0 Å². The van der Waals surface area contributed by atoms with E-state index in [1.807, 2.05) is 0 Å². The lowest BCUT2D eigenvalue weighted by Crippen LogP contribution is -2.37. The third-order valence-electron chi connectivity index (χ3n) is 2.61. The smallest absolute Gasteiger partial charge is 0.392 e. The van der Waals surface area contributed by atoms with Crippen LogP contribution in [0, 0.1) is 0 Å². The SMILES string of the molecule is CCC(C(N)=S)S(=O)(=O)Nc1cc(C(F)(F)F)ccc1Br. The molecule has 0 amide bonds. The Labute approximate surface area is 134 Å². The summed E-state index contributed by atoms with van der Waals surface area (Å²) < 4.78 is 64.4. The van der Waals surface area contributed by atoms with Crippen molar-refractivity contribution in [2.75, 3.05) is 4.72 Å². The molecule has 1 unspecified atom stereocenters. The van der Waals surface area contributed by atoms with Crippen molar-refractivity contribution < 1.29 is 21.6 Å². The molecule has 10 heteroatoms. The number of nitrogens with two attached hydrogens (primary N) is 1. The zero-order valence-electron chi connectivity index (χ0n) is 10.7. The summed E-state index contributed by atoms with van der Waals surface area (Å²) in [4.78, 5) is -0.243. The normalized spacial score (nSPS) is 13.8. The van der Waals surface area contributed by atoms with Crippen molar-refractivity contribution in [1.29, 1.82) is 0 Å². The minimum absolute atomic E-state index is 0.112. The van der Waals surface area contributed by atoms with Gasteiger partial charge in [-0.3, -0.25) is 4.72 Å². The van der Waals surface area contributed by atoms with Gasteiger partial charge in [-0.1, -0.05) is 19.1 Å². The van der Waals surface area contributed by atoms with Crippen LogP contribution in [-0.4, -0.2) is 18.7 Å². The lowest BCUT2D eigenvalue weighted by Gasteiger charge is -2.18. The maximum atomic E-state index is 12.7. The number of alkyl halides is 3. The molecule has 0 spiro atoms. The molecule has 0 aromatic heterocycles. The van der Waals surface area contributed by atoms with E-state index in [9.17, 15) is 21.6 Å². The highest BCUT2D eigenvalue weighted by Gasteiger charge is 2.32. The van der Waals surface area contributed by atoms with Gasteiger partial charge in [0.15, 0.2) is 0 Å². The Bertz CT molecular complexity index is 647. The first-order valence-electron chi connectivity index (χ1n) is 5.66. The summed E-state index contributed by atoms with van der Waals surface area (Å²) >= 11 is 7.66. The molecule has 0 fully saturated rings. The van der Waals surface area contributed by atoms with Crippen LogP contribution in [0.25, 0.3) is 0 Å². The molecule has 0 heterocycles. The molecule has 4 nitrogen and oxygen atoms in total. The number of halogens is 4. The van der Waals surface area contributed by atoms with E-state index in [1.54, 1.807) is 6.92 Å². The Morgan fingerprint density at radius 2 is 2.05 bits per heavy atom. The summed E-state index contributed by atoms with van der Waals surface area (Å²) in [7, 11) is -4.02. The van der Waals surface area contributed by atoms with Crippen LogP contribution in [-0.2, 0) is 16.2 Å². The molecule has 0 aliphatic heterocycles. The fraction of sp³-hybridized carbons (Fsp3) is 0.364. The first-order valence-corrected chi connectivity index (χ1v) is 8.41. The number of nitrogens with one attached hydrogen (secondary N) is 1. The quantitative estimate of drug-likeness (QED) is 0.738. The van der Waals surface area contributed by atoms with Crippen LogP contribution in [0.4, 0.5) is 18.9 Å². The monoisotopic (exact) mass is 404 g/mol.